The number of sulfonamides is 1. The molecule has 0 saturated carbocycles. The molecule has 1 fully saturated rings. The molecule has 1 unspecified atom stereocenters. The van der Waals surface area contributed by atoms with Crippen molar-refractivity contribution in [1.82, 2.24) is 10.0 Å². The lowest BCUT2D eigenvalue weighted by molar-refractivity contribution is 0.429. The van der Waals surface area contributed by atoms with E-state index in [0.717, 1.165) is 37.2 Å². The molecule has 7 heteroatoms. The van der Waals surface area contributed by atoms with Gasteiger partial charge in [0.25, 0.3) is 0 Å². The fourth-order valence-corrected chi connectivity index (χ4v) is 4.51. The highest BCUT2D eigenvalue weighted by Crippen LogP contribution is 2.22. The van der Waals surface area contributed by atoms with E-state index in [4.69, 9.17) is 0 Å². The van der Waals surface area contributed by atoms with Crippen molar-refractivity contribution in [3.8, 4) is 0 Å². The number of hydrogen-bond donors (Lipinski definition) is 2. The predicted octanol–water partition coefficient (Wildman–Crippen LogP) is 1.76. The van der Waals surface area contributed by atoms with Crippen LogP contribution in [0.15, 0.2) is 16.3 Å². The Morgan fingerprint density at radius 3 is 2.83 bits per heavy atom. The summed E-state index contributed by atoms with van der Waals surface area (Å²) in [5, 5.41) is 3.20. The molecule has 0 radical (unpaired) electrons. The van der Waals surface area contributed by atoms with Crippen LogP contribution in [0.3, 0.4) is 0 Å². The van der Waals surface area contributed by atoms with Crippen LogP contribution in [-0.4, -0.2) is 27.5 Å². The van der Waals surface area contributed by atoms with Crippen LogP contribution < -0.4 is 10.0 Å². The van der Waals surface area contributed by atoms with Crippen LogP contribution in [0, 0.1) is 0 Å². The lowest BCUT2D eigenvalue weighted by Crippen LogP contribution is -2.45. The van der Waals surface area contributed by atoms with Crippen LogP contribution in [-0.2, 0) is 16.4 Å². The van der Waals surface area contributed by atoms with Gasteiger partial charge in [0, 0.05) is 17.5 Å². The highest BCUT2D eigenvalue weighted by Gasteiger charge is 2.22. The molecule has 1 aliphatic rings. The van der Waals surface area contributed by atoms with Gasteiger partial charge in [0.1, 0.15) is 4.21 Å². The zero-order chi connectivity index (χ0) is 12.3. The number of nitrogens with one attached hydrogen (secondary N) is 2. The molecule has 1 aromatic rings. The molecule has 1 aromatic heterocycles. The zero-order valence-corrected chi connectivity index (χ0v) is 12.8. The minimum absolute atomic E-state index is 0. The lowest BCUT2D eigenvalue weighted by Gasteiger charge is -2.23. The maximum Gasteiger partial charge on any atom is 0.250 e. The van der Waals surface area contributed by atoms with Gasteiger partial charge in [-0.3, -0.25) is 0 Å². The fourth-order valence-electron chi connectivity index (χ4n) is 1.92. The van der Waals surface area contributed by atoms with Crippen molar-refractivity contribution < 1.29 is 8.42 Å². The number of rotatable bonds is 4. The molecule has 4 nitrogen and oxygen atoms in total. The first-order chi connectivity index (χ1) is 8.12. The van der Waals surface area contributed by atoms with E-state index in [1.54, 1.807) is 6.07 Å². The van der Waals surface area contributed by atoms with E-state index in [1.807, 2.05) is 13.0 Å². The first-order valence-corrected chi connectivity index (χ1v) is 8.23. The first-order valence-electron chi connectivity index (χ1n) is 5.93. The SMILES string of the molecule is CCc1ccc(S(=O)(=O)NC2CCCNC2)s1.Cl. The van der Waals surface area contributed by atoms with Crippen LogP contribution >= 0.6 is 23.7 Å². The van der Waals surface area contributed by atoms with Crippen molar-refractivity contribution in [3.63, 3.8) is 0 Å². The summed E-state index contributed by atoms with van der Waals surface area (Å²) in [5.41, 5.74) is 0. The number of aryl methyl sites for hydroxylation is 1. The smallest absolute Gasteiger partial charge is 0.250 e. The lowest BCUT2D eigenvalue weighted by atomic mass is 10.1. The van der Waals surface area contributed by atoms with Crippen molar-refractivity contribution in [2.75, 3.05) is 13.1 Å². The molecule has 0 amide bonds. The summed E-state index contributed by atoms with van der Waals surface area (Å²) >= 11 is 1.36. The number of thiophene rings is 1. The molecule has 0 bridgehead atoms. The Labute approximate surface area is 119 Å². The van der Waals surface area contributed by atoms with Gasteiger partial charge in [-0.2, -0.15) is 0 Å². The molecule has 2 N–H and O–H groups in total. The Morgan fingerprint density at radius 1 is 1.50 bits per heavy atom. The van der Waals surface area contributed by atoms with Gasteiger partial charge < -0.3 is 5.32 Å². The topological polar surface area (TPSA) is 58.2 Å². The van der Waals surface area contributed by atoms with Gasteiger partial charge in [-0.1, -0.05) is 6.92 Å². The Bertz CT molecular complexity index is 467. The molecule has 2 heterocycles. The maximum atomic E-state index is 12.1. The van der Waals surface area contributed by atoms with Crippen molar-refractivity contribution in [3.05, 3.63) is 17.0 Å². The number of piperidine rings is 1. The van der Waals surface area contributed by atoms with Crippen LogP contribution in [0.1, 0.15) is 24.6 Å². The van der Waals surface area contributed by atoms with E-state index in [1.165, 1.54) is 11.3 Å². The van der Waals surface area contributed by atoms with Gasteiger partial charge in [-0.15, -0.1) is 23.7 Å². The van der Waals surface area contributed by atoms with Gasteiger partial charge in [-0.05, 0) is 37.9 Å². The summed E-state index contributed by atoms with van der Waals surface area (Å²) in [7, 11) is -3.32. The minimum Gasteiger partial charge on any atom is -0.315 e. The van der Waals surface area contributed by atoms with Crippen LogP contribution in [0.25, 0.3) is 0 Å². The largest absolute Gasteiger partial charge is 0.315 e. The summed E-state index contributed by atoms with van der Waals surface area (Å²) in [6.45, 7) is 3.74. The summed E-state index contributed by atoms with van der Waals surface area (Å²) in [5.74, 6) is 0. The second-order valence-electron chi connectivity index (χ2n) is 4.24. The summed E-state index contributed by atoms with van der Waals surface area (Å²) < 4.78 is 27.4. The summed E-state index contributed by atoms with van der Waals surface area (Å²) in [6, 6.07) is 3.61. The molecule has 1 aliphatic heterocycles. The molecule has 0 aliphatic carbocycles. The standard InChI is InChI=1S/C11H18N2O2S2.ClH/c1-2-10-5-6-11(16-10)17(14,15)13-9-4-3-7-12-8-9;/h5-6,9,12-13H,2-4,7-8H2,1H3;1H. The number of halogens is 1. The van der Waals surface area contributed by atoms with Gasteiger partial charge in [0.2, 0.25) is 10.0 Å². The second-order valence-corrected chi connectivity index (χ2v) is 7.35. The molecule has 18 heavy (non-hydrogen) atoms. The van der Waals surface area contributed by atoms with Crippen LogP contribution in [0.2, 0.25) is 0 Å². The van der Waals surface area contributed by atoms with E-state index in [0.29, 0.717) is 4.21 Å². The monoisotopic (exact) mass is 310 g/mol. The van der Waals surface area contributed by atoms with Gasteiger partial charge >= 0.3 is 0 Å². The third kappa shape index (κ3) is 3.93. The highest BCUT2D eigenvalue weighted by atomic mass is 35.5. The third-order valence-electron chi connectivity index (χ3n) is 2.87. The van der Waals surface area contributed by atoms with Crippen molar-refractivity contribution in [2.45, 2.75) is 36.4 Å². The predicted molar refractivity (Wildman–Crippen MR) is 77.2 cm³/mol. The normalized spacial score (nSPS) is 20.4. The Hall–Kier alpha value is -0.140. The average Bonchev–Trinajstić information content (AvgIpc) is 2.79. The molecular weight excluding hydrogens is 292 g/mol. The fraction of sp³-hybridized carbons (Fsp3) is 0.636. The van der Waals surface area contributed by atoms with Crippen molar-refractivity contribution >= 4 is 33.8 Å². The Morgan fingerprint density at radius 2 is 2.28 bits per heavy atom. The van der Waals surface area contributed by atoms with Crippen LogP contribution in [0.5, 0.6) is 0 Å². The molecule has 1 atom stereocenters. The minimum atomic E-state index is -3.32. The third-order valence-corrected chi connectivity index (χ3v) is 6.11. The molecular formula is C11H19ClN2O2S2. The van der Waals surface area contributed by atoms with E-state index in [2.05, 4.69) is 10.0 Å². The van der Waals surface area contributed by atoms with Gasteiger partial charge in [0.05, 0.1) is 0 Å². The highest BCUT2D eigenvalue weighted by molar-refractivity contribution is 7.91. The molecule has 0 spiro atoms. The Kier molecular flexibility index (Phi) is 6.07. The molecule has 104 valence electrons. The van der Waals surface area contributed by atoms with Gasteiger partial charge in [0.15, 0.2) is 0 Å². The second kappa shape index (κ2) is 6.86. The van der Waals surface area contributed by atoms with E-state index >= 15 is 0 Å². The first kappa shape index (κ1) is 15.9. The number of hydrogen-bond acceptors (Lipinski definition) is 4. The van der Waals surface area contributed by atoms with E-state index in [9.17, 15) is 8.42 Å². The Balaban J connectivity index is 0.00000162. The van der Waals surface area contributed by atoms with E-state index < -0.39 is 10.0 Å². The van der Waals surface area contributed by atoms with E-state index in [-0.39, 0.29) is 18.4 Å². The average molecular weight is 311 g/mol. The summed E-state index contributed by atoms with van der Waals surface area (Å²) in [6.07, 6.45) is 2.82. The molecule has 1 saturated heterocycles. The quantitative estimate of drug-likeness (QED) is 0.891. The molecule has 2 rings (SSSR count). The molecule has 0 aromatic carbocycles. The van der Waals surface area contributed by atoms with Crippen molar-refractivity contribution in [2.24, 2.45) is 0 Å². The van der Waals surface area contributed by atoms with Gasteiger partial charge in [-0.25, -0.2) is 13.1 Å². The van der Waals surface area contributed by atoms with Crippen LogP contribution in [0.4, 0.5) is 0 Å². The van der Waals surface area contributed by atoms with Crippen molar-refractivity contribution in [1.29, 1.82) is 0 Å². The summed E-state index contributed by atoms with van der Waals surface area (Å²) in [4.78, 5) is 1.10. The maximum absolute atomic E-state index is 12.1. The zero-order valence-electron chi connectivity index (χ0n) is 10.3.